The number of rotatable bonds is 10. The summed E-state index contributed by atoms with van der Waals surface area (Å²) in [6.07, 6.45) is 9.62. The molecule has 24 heavy (non-hydrogen) atoms. The van der Waals surface area contributed by atoms with Gasteiger partial charge in [-0.15, -0.1) is 0 Å². The van der Waals surface area contributed by atoms with Crippen molar-refractivity contribution >= 4 is 29.1 Å². The van der Waals surface area contributed by atoms with E-state index in [9.17, 15) is 9.59 Å². The van der Waals surface area contributed by atoms with Crippen LogP contribution in [0, 0.1) is 6.92 Å². The van der Waals surface area contributed by atoms with Gasteiger partial charge in [0.1, 0.15) is 0 Å². The molecule has 1 aromatic rings. The summed E-state index contributed by atoms with van der Waals surface area (Å²) in [5, 5.41) is 5.77. The van der Waals surface area contributed by atoms with Gasteiger partial charge in [0.05, 0.1) is 0 Å². The standard InChI is InChI=1S/C19H29ClN2O2/c1-3-4-5-6-7-8-9-10-13-21-18(23)19(24)22-16-12-11-15(2)17(20)14-16/h11-12,14H,3-10,13H2,1-2H3,(H,21,23)(H,22,24). The summed E-state index contributed by atoms with van der Waals surface area (Å²) < 4.78 is 0. The first kappa shape index (κ1) is 20.5. The van der Waals surface area contributed by atoms with E-state index in [0.717, 1.165) is 18.4 Å². The maximum Gasteiger partial charge on any atom is 0.313 e. The fourth-order valence-electron chi connectivity index (χ4n) is 2.40. The van der Waals surface area contributed by atoms with Crippen LogP contribution in [0.15, 0.2) is 18.2 Å². The predicted octanol–water partition coefficient (Wildman–Crippen LogP) is 4.84. The highest BCUT2D eigenvalue weighted by Gasteiger charge is 2.13. The SMILES string of the molecule is CCCCCCCCCCNC(=O)C(=O)Nc1ccc(C)c(Cl)c1. The van der Waals surface area contributed by atoms with E-state index in [1.165, 1.54) is 38.5 Å². The zero-order valence-electron chi connectivity index (χ0n) is 14.8. The number of unbranched alkanes of at least 4 members (excludes halogenated alkanes) is 7. The number of anilines is 1. The van der Waals surface area contributed by atoms with Gasteiger partial charge in [0.25, 0.3) is 0 Å². The Hall–Kier alpha value is -1.55. The van der Waals surface area contributed by atoms with Crippen molar-refractivity contribution in [2.24, 2.45) is 0 Å². The minimum Gasteiger partial charge on any atom is -0.348 e. The molecule has 0 aliphatic carbocycles. The molecule has 0 saturated heterocycles. The van der Waals surface area contributed by atoms with Gasteiger partial charge in [-0.05, 0) is 31.0 Å². The quantitative estimate of drug-likeness (QED) is 0.467. The van der Waals surface area contributed by atoms with E-state index in [0.29, 0.717) is 17.3 Å². The predicted molar refractivity (Wildman–Crippen MR) is 100 cm³/mol. The molecule has 1 aromatic carbocycles. The summed E-state index contributed by atoms with van der Waals surface area (Å²) in [5.74, 6) is -1.26. The van der Waals surface area contributed by atoms with Crippen molar-refractivity contribution in [2.45, 2.75) is 65.2 Å². The number of aryl methyl sites for hydroxylation is 1. The molecule has 2 amide bonds. The van der Waals surface area contributed by atoms with Crippen LogP contribution in [0.4, 0.5) is 5.69 Å². The lowest BCUT2D eigenvalue weighted by atomic mass is 10.1. The molecule has 5 heteroatoms. The number of carbonyl (C=O) groups excluding carboxylic acids is 2. The molecule has 2 N–H and O–H groups in total. The average molecular weight is 353 g/mol. The van der Waals surface area contributed by atoms with Crippen LogP contribution in [0.1, 0.15) is 63.9 Å². The Morgan fingerprint density at radius 2 is 1.58 bits per heavy atom. The van der Waals surface area contributed by atoms with Gasteiger partial charge in [0.2, 0.25) is 0 Å². The van der Waals surface area contributed by atoms with Gasteiger partial charge in [-0.25, -0.2) is 0 Å². The van der Waals surface area contributed by atoms with Gasteiger partial charge in [0.15, 0.2) is 0 Å². The lowest BCUT2D eigenvalue weighted by Gasteiger charge is -2.08. The van der Waals surface area contributed by atoms with Crippen LogP contribution >= 0.6 is 11.6 Å². The minimum absolute atomic E-state index is 0.526. The summed E-state index contributed by atoms with van der Waals surface area (Å²) in [7, 11) is 0. The summed E-state index contributed by atoms with van der Waals surface area (Å²) in [6, 6.07) is 5.17. The smallest absolute Gasteiger partial charge is 0.313 e. The number of hydrogen-bond donors (Lipinski definition) is 2. The van der Waals surface area contributed by atoms with Crippen molar-refractivity contribution in [3.8, 4) is 0 Å². The van der Waals surface area contributed by atoms with Crippen molar-refractivity contribution in [3.63, 3.8) is 0 Å². The van der Waals surface area contributed by atoms with Gasteiger partial charge < -0.3 is 10.6 Å². The zero-order valence-corrected chi connectivity index (χ0v) is 15.5. The Morgan fingerprint density at radius 1 is 0.958 bits per heavy atom. The summed E-state index contributed by atoms with van der Waals surface area (Å²) in [4.78, 5) is 23.6. The van der Waals surface area contributed by atoms with Crippen molar-refractivity contribution in [2.75, 3.05) is 11.9 Å². The molecule has 0 heterocycles. The largest absolute Gasteiger partial charge is 0.348 e. The van der Waals surface area contributed by atoms with Crippen LogP contribution in [0.2, 0.25) is 5.02 Å². The van der Waals surface area contributed by atoms with E-state index >= 15 is 0 Å². The van der Waals surface area contributed by atoms with Gasteiger partial charge >= 0.3 is 11.8 Å². The molecule has 0 bridgehead atoms. The molecular weight excluding hydrogens is 324 g/mol. The highest BCUT2D eigenvalue weighted by Crippen LogP contribution is 2.19. The zero-order chi connectivity index (χ0) is 17.8. The van der Waals surface area contributed by atoms with E-state index in [4.69, 9.17) is 11.6 Å². The van der Waals surface area contributed by atoms with Gasteiger partial charge in [-0.2, -0.15) is 0 Å². The van der Waals surface area contributed by atoms with Gasteiger partial charge in [-0.1, -0.05) is 69.5 Å². The molecule has 0 saturated carbocycles. The Morgan fingerprint density at radius 3 is 2.21 bits per heavy atom. The molecule has 0 atom stereocenters. The number of hydrogen-bond acceptors (Lipinski definition) is 2. The fourth-order valence-corrected chi connectivity index (χ4v) is 2.58. The molecule has 0 fully saturated rings. The molecule has 0 aliphatic rings. The Labute approximate surface area is 150 Å². The number of carbonyl (C=O) groups is 2. The van der Waals surface area contributed by atoms with Crippen molar-refractivity contribution in [1.82, 2.24) is 5.32 Å². The number of nitrogens with one attached hydrogen (secondary N) is 2. The van der Waals surface area contributed by atoms with E-state index < -0.39 is 11.8 Å². The van der Waals surface area contributed by atoms with Crippen LogP contribution in [-0.4, -0.2) is 18.4 Å². The van der Waals surface area contributed by atoms with Crippen LogP contribution in [-0.2, 0) is 9.59 Å². The van der Waals surface area contributed by atoms with Crippen molar-refractivity contribution in [1.29, 1.82) is 0 Å². The first-order valence-corrected chi connectivity index (χ1v) is 9.27. The summed E-state index contributed by atoms with van der Waals surface area (Å²) >= 11 is 6.00. The van der Waals surface area contributed by atoms with E-state index in [-0.39, 0.29) is 0 Å². The molecule has 0 aromatic heterocycles. The Bertz CT molecular complexity index is 532. The molecule has 4 nitrogen and oxygen atoms in total. The second kappa shape index (κ2) is 11.9. The first-order chi connectivity index (χ1) is 11.5. The van der Waals surface area contributed by atoms with Gasteiger partial charge in [0, 0.05) is 17.3 Å². The van der Waals surface area contributed by atoms with Crippen LogP contribution in [0.25, 0.3) is 0 Å². The van der Waals surface area contributed by atoms with E-state index in [2.05, 4.69) is 17.6 Å². The number of halogens is 1. The highest BCUT2D eigenvalue weighted by molar-refractivity contribution is 6.39. The third-order valence-corrected chi connectivity index (χ3v) is 4.36. The number of amides is 2. The molecule has 0 unspecified atom stereocenters. The second-order valence-electron chi connectivity index (χ2n) is 6.15. The fraction of sp³-hybridized carbons (Fsp3) is 0.579. The Kier molecular flexibility index (Phi) is 10.2. The maximum absolute atomic E-state index is 11.8. The maximum atomic E-state index is 11.8. The van der Waals surface area contributed by atoms with Crippen LogP contribution < -0.4 is 10.6 Å². The van der Waals surface area contributed by atoms with Crippen LogP contribution in [0.5, 0.6) is 0 Å². The average Bonchev–Trinajstić information content (AvgIpc) is 2.56. The number of benzene rings is 1. The van der Waals surface area contributed by atoms with Crippen molar-refractivity contribution < 1.29 is 9.59 Å². The third kappa shape index (κ3) is 8.34. The van der Waals surface area contributed by atoms with Crippen molar-refractivity contribution in [3.05, 3.63) is 28.8 Å². The third-order valence-electron chi connectivity index (χ3n) is 3.95. The van der Waals surface area contributed by atoms with E-state index in [1.807, 2.05) is 6.92 Å². The Balaban J connectivity index is 2.14. The summed E-state index contributed by atoms with van der Waals surface area (Å²) in [6.45, 7) is 4.63. The van der Waals surface area contributed by atoms with Crippen LogP contribution in [0.3, 0.4) is 0 Å². The van der Waals surface area contributed by atoms with E-state index in [1.54, 1.807) is 18.2 Å². The lowest BCUT2D eigenvalue weighted by Crippen LogP contribution is -2.35. The second-order valence-corrected chi connectivity index (χ2v) is 6.56. The first-order valence-electron chi connectivity index (χ1n) is 8.90. The molecule has 134 valence electrons. The van der Waals surface area contributed by atoms with Gasteiger partial charge in [-0.3, -0.25) is 9.59 Å². The lowest BCUT2D eigenvalue weighted by molar-refractivity contribution is -0.136. The highest BCUT2D eigenvalue weighted by atomic mass is 35.5. The normalized spacial score (nSPS) is 10.5. The molecule has 0 radical (unpaired) electrons. The molecular formula is C19H29ClN2O2. The molecule has 0 aliphatic heterocycles. The summed E-state index contributed by atoms with van der Waals surface area (Å²) in [5.41, 5.74) is 1.45. The molecule has 0 spiro atoms. The minimum atomic E-state index is -0.658. The molecule has 1 rings (SSSR count). The topological polar surface area (TPSA) is 58.2 Å². The monoisotopic (exact) mass is 352 g/mol.